The van der Waals surface area contributed by atoms with E-state index in [1.807, 2.05) is 11.8 Å². The fourth-order valence-corrected chi connectivity index (χ4v) is 3.52. The van der Waals surface area contributed by atoms with Crippen LogP contribution in [0.2, 0.25) is 0 Å². The highest BCUT2D eigenvalue weighted by atomic mass is 32.2. The normalized spacial score (nSPS) is 31.3. The van der Waals surface area contributed by atoms with Gasteiger partial charge >= 0.3 is 0 Å². The molecule has 2 rings (SSSR count). The Morgan fingerprint density at radius 2 is 1.75 bits per heavy atom. The van der Waals surface area contributed by atoms with Gasteiger partial charge in [0, 0.05) is 6.04 Å². The van der Waals surface area contributed by atoms with E-state index in [-0.39, 0.29) is 0 Å². The average Bonchev–Trinajstić information content (AvgIpc) is 3.11. The number of thioether (sulfide) groups is 1. The van der Waals surface area contributed by atoms with Crippen LogP contribution in [0.25, 0.3) is 0 Å². The first-order valence-corrected chi connectivity index (χ1v) is 8.52. The van der Waals surface area contributed by atoms with Crippen molar-refractivity contribution in [2.24, 2.45) is 11.8 Å². The molecule has 0 saturated heterocycles. The van der Waals surface area contributed by atoms with E-state index in [1.54, 1.807) is 0 Å². The molecule has 2 heteroatoms. The summed E-state index contributed by atoms with van der Waals surface area (Å²) in [7, 11) is 0. The Morgan fingerprint density at radius 3 is 2.44 bits per heavy atom. The van der Waals surface area contributed by atoms with Gasteiger partial charge in [-0.3, -0.25) is 0 Å². The van der Waals surface area contributed by atoms with Crippen molar-refractivity contribution >= 4 is 11.8 Å². The van der Waals surface area contributed by atoms with Crippen LogP contribution < -0.4 is 5.32 Å². The van der Waals surface area contributed by atoms with Crippen molar-refractivity contribution in [2.45, 2.75) is 57.4 Å². The molecule has 0 aliphatic heterocycles. The van der Waals surface area contributed by atoms with Gasteiger partial charge in [-0.2, -0.15) is 11.8 Å². The first kappa shape index (κ1) is 12.8. The molecule has 2 saturated carbocycles. The number of hydrogen-bond donors (Lipinski definition) is 1. The van der Waals surface area contributed by atoms with Gasteiger partial charge in [-0.05, 0) is 56.1 Å². The van der Waals surface area contributed by atoms with Crippen LogP contribution in [0.15, 0.2) is 0 Å². The largest absolute Gasteiger partial charge is 0.314 e. The molecule has 1 N–H and O–H groups in total. The summed E-state index contributed by atoms with van der Waals surface area (Å²) in [5.74, 6) is 3.36. The van der Waals surface area contributed by atoms with E-state index in [2.05, 4.69) is 11.6 Å². The van der Waals surface area contributed by atoms with E-state index in [9.17, 15) is 0 Å². The zero-order valence-electron chi connectivity index (χ0n) is 10.7. The molecule has 0 spiro atoms. The van der Waals surface area contributed by atoms with Crippen molar-refractivity contribution < 1.29 is 0 Å². The summed E-state index contributed by atoms with van der Waals surface area (Å²) >= 11 is 2.02. The molecule has 0 heterocycles. The molecule has 94 valence electrons. The Labute approximate surface area is 105 Å². The van der Waals surface area contributed by atoms with Gasteiger partial charge in [0.1, 0.15) is 0 Å². The van der Waals surface area contributed by atoms with Crippen LogP contribution in [0.4, 0.5) is 0 Å². The average molecular weight is 241 g/mol. The molecule has 0 radical (unpaired) electrons. The predicted molar refractivity (Wildman–Crippen MR) is 74.1 cm³/mol. The summed E-state index contributed by atoms with van der Waals surface area (Å²) < 4.78 is 0. The van der Waals surface area contributed by atoms with Gasteiger partial charge in [-0.1, -0.05) is 25.7 Å². The molecule has 2 unspecified atom stereocenters. The Kier molecular flexibility index (Phi) is 5.51. The summed E-state index contributed by atoms with van der Waals surface area (Å²) in [5, 5.41) is 3.75. The summed E-state index contributed by atoms with van der Waals surface area (Å²) in [5.41, 5.74) is 0. The van der Waals surface area contributed by atoms with Gasteiger partial charge in [0.2, 0.25) is 0 Å². The second kappa shape index (κ2) is 6.90. The Bertz CT molecular complexity index is 191. The minimum absolute atomic E-state index is 0.893. The molecule has 2 fully saturated rings. The number of hydrogen-bond acceptors (Lipinski definition) is 2. The van der Waals surface area contributed by atoms with Gasteiger partial charge < -0.3 is 5.32 Å². The minimum Gasteiger partial charge on any atom is -0.314 e. The molecule has 16 heavy (non-hydrogen) atoms. The van der Waals surface area contributed by atoms with Crippen LogP contribution in [-0.4, -0.2) is 24.6 Å². The second-order valence-electron chi connectivity index (χ2n) is 5.62. The highest BCUT2D eigenvalue weighted by Gasteiger charge is 2.26. The third-order valence-electron chi connectivity index (χ3n) is 4.26. The molecular weight excluding hydrogens is 214 g/mol. The van der Waals surface area contributed by atoms with Crippen LogP contribution in [-0.2, 0) is 0 Å². The van der Waals surface area contributed by atoms with Crippen molar-refractivity contribution in [3.05, 3.63) is 0 Å². The standard InChI is InChI=1S/C14H27NS/c1-16-10-9-12-5-3-2-4-6-13(12)11-15-14-7-8-14/h12-15H,2-11H2,1H3. The van der Waals surface area contributed by atoms with Crippen molar-refractivity contribution in [2.75, 3.05) is 18.6 Å². The molecular formula is C14H27NS. The van der Waals surface area contributed by atoms with Crippen LogP contribution in [0.1, 0.15) is 51.4 Å². The van der Waals surface area contributed by atoms with Gasteiger partial charge in [-0.25, -0.2) is 0 Å². The fourth-order valence-electron chi connectivity index (χ4n) is 2.98. The summed E-state index contributed by atoms with van der Waals surface area (Å²) in [6.45, 7) is 1.31. The lowest BCUT2D eigenvalue weighted by molar-refractivity contribution is 0.293. The maximum atomic E-state index is 3.75. The van der Waals surface area contributed by atoms with E-state index in [1.165, 1.54) is 63.7 Å². The fraction of sp³-hybridized carbons (Fsp3) is 1.00. The Balaban J connectivity index is 1.76. The van der Waals surface area contributed by atoms with E-state index in [4.69, 9.17) is 0 Å². The molecule has 2 aliphatic rings. The molecule has 0 aromatic heterocycles. The summed E-state index contributed by atoms with van der Waals surface area (Å²) in [6, 6.07) is 0.893. The zero-order chi connectivity index (χ0) is 11.2. The van der Waals surface area contributed by atoms with Crippen LogP contribution in [0.5, 0.6) is 0 Å². The van der Waals surface area contributed by atoms with E-state index < -0.39 is 0 Å². The molecule has 2 aliphatic carbocycles. The summed E-state index contributed by atoms with van der Waals surface area (Å²) in [4.78, 5) is 0. The van der Waals surface area contributed by atoms with E-state index >= 15 is 0 Å². The van der Waals surface area contributed by atoms with Crippen molar-refractivity contribution in [1.82, 2.24) is 5.32 Å². The quantitative estimate of drug-likeness (QED) is 0.712. The highest BCUT2D eigenvalue weighted by Crippen LogP contribution is 2.32. The minimum atomic E-state index is 0.893. The second-order valence-corrected chi connectivity index (χ2v) is 6.61. The van der Waals surface area contributed by atoms with Gasteiger partial charge in [0.05, 0.1) is 0 Å². The predicted octanol–water partition coefficient (Wildman–Crippen LogP) is 3.69. The number of rotatable bonds is 6. The molecule has 2 atom stereocenters. The number of nitrogens with one attached hydrogen (secondary N) is 1. The topological polar surface area (TPSA) is 12.0 Å². The first-order valence-electron chi connectivity index (χ1n) is 7.12. The van der Waals surface area contributed by atoms with Crippen LogP contribution in [0, 0.1) is 11.8 Å². The lowest BCUT2D eigenvalue weighted by atomic mass is 9.86. The highest BCUT2D eigenvalue weighted by molar-refractivity contribution is 7.98. The molecule has 0 aromatic carbocycles. The monoisotopic (exact) mass is 241 g/mol. The molecule has 1 nitrogen and oxygen atoms in total. The van der Waals surface area contributed by atoms with Crippen molar-refractivity contribution in [1.29, 1.82) is 0 Å². The Morgan fingerprint density at radius 1 is 1.00 bits per heavy atom. The lowest BCUT2D eigenvalue weighted by Crippen LogP contribution is -2.29. The SMILES string of the molecule is CSCCC1CCCCCC1CNC1CC1. The Hall–Kier alpha value is 0.310. The van der Waals surface area contributed by atoms with Crippen molar-refractivity contribution in [3.8, 4) is 0 Å². The van der Waals surface area contributed by atoms with Crippen LogP contribution in [0.3, 0.4) is 0 Å². The molecule has 0 amide bonds. The smallest absolute Gasteiger partial charge is 0.00683 e. The maximum absolute atomic E-state index is 3.75. The van der Waals surface area contributed by atoms with Crippen LogP contribution >= 0.6 is 11.8 Å². The van der Waals surface area contributed by atoms with Crippen molar-refractivity contribution in [3.63, 3.8) is 0 Å². The molecule has 0 bridgehead atoms. The third-order valence-corrected chi connectivity index (χ3v) is 4.90. The van der Waals surface area contributed by atoms with Gasteiger partial charge in [-0.15, -0.1) is 0 Å². The van der Waals surface area contributed by atoms with Gasteiger partial charge in [0.15, 0.2) is 0 Å². The third kappa shape index (κ3) is 4.29. The van der Waals surface area contributed by atoms with E-state index in [0.717, 1.165) is 17.9 Å². The first-order chi connectivity index (χ1) is 7.90. The maximum Gasteiger partial charge on any atom is 0.00683 e. The summed E-state index contributed by atoms with van der Waals surface area (Å²) in [6.07, 6.45) is 14.0. The van der Waals surface area contributed by atoms with E-state index in [0.29, 0.717) is 0 Å². The van der Waals surface area contributed by atoms with Gasteiger partial charge in [0.25, 0.3) is 0 Å². The lowest BCUT2D eigenvalue weighted by Gasteiger charge is -2.25. The zero-order valence-corrected chi connectivity index (χ0v) is 11.5. The molecule has 0 aromatic rings.